The molecule has 0 N–H and O–H groups in total. The molecule has 0 aromatic rings. The summed E-state index contributed by atoms with van der Waals surface area (Å²) >= 11 is 5.51. The number of nitrogens with zero attached hydrogens (tertiary/aromatic N) is 2. The minimum Gasteiger partial charge on any atom is -0.312 e. The first-order valence-corrected chi connectivity index (χ1v) is 5.38. The highest BCUT2D eigenvalue weighted by Crippen LogP contribution is 2.12. The summed E-state index contributed by atoms with van der Waals surface area (Å²) in [6.07, 6.45) is 5.05. The Morgan fingerprint density at radius 3 is 2.23 bits per heavy atom. The normalized spacial score (nSPS) is 22.5. The first-order valence-electron chi connectivity index (χ1n) is 5.07. The Labute approximate surface area is 84.1 Å². The fourth-order valence-corrected chi connectivity index (χ4v) is 2.31. The Balaban J connectivity index is 2.09. The van der Waals surface area contributed by atoms with E-state index in [1.54, 1.807) is 0 Å². The maximum Gasteiger partial charge on any atom is 0.464 e. The van der Waals surface area contributed by atoms with Crippen LogP contribution in [-0.4, -0.2) is 41.7 Å². The first-order chi connectivity index (χ1) is 6.42. The van der Waals surface area contributed by atoms with E-state index in [-0.39, 0.29) is 0 Å². The number of hydrogen-bond acceptors (Lipinski definition) is 1. The van der Waals surface area contributed by atoms with E-state index in [0.717, 1.165) is 32.2 Å². The van der Waals surface area contributed by atoms with Crippen molar-refractivity contribution in [2.75, 3.05) is 26.2 Å². The number of amidine groups is 1. The highest BCUT2D eigenvalue weighted by atomic mass is 35.5. The smallest absolute Gasteiger partial charge is 0.312 e. The summed E-state index contributed by atoms with van der Waals surface area (Å²) in [5.41, 5.74) is 0. The van der Waals surface area contributed by atoms with E-state index in [1.165, 1.54) is 25.7 Å². The van der Waals surface area contributed by atoms with Crippen molar-refractivity contribution in [2.24, 2.45) is 0 Å². The van der Waals surface area contributed by atoms with Gasteiger partial charge in [-0.1, -0.05) is 0 Å². The Morgan fingerprint density at radius 2 is 1.69 bits per heavy atom. The summed E-state index contributed by atoms with van der Waals surface area (Å²) in [5.74, 6) is 0. The van der Waals surface area contributed by atoms with E-state index in [0.29, 0.717) is 0 Å². The molecule has 0 aromatic heterocycles. The van der Waals surface area contributed by atoms with Gasteiger partial charge >= 0.3 is 6.02 Å². The van der Waals surface area contributed by atoms with Gasteiger partial charge in [0.15, 0.2) is 0 Å². The minimum atomic E-state index is 0.886. The van der Waals surface area contributed by atoms with E-state index in [1.807, 2.05) is 0 Å². The summed E-state index contributed by atoms with van der Waals surface area (Å²) < 4.78 is 7.21. The quantitative estimate of drug-likeness (QED) is 0.437. The van der Waals surface area contributed by atoms with Crippen LogP contribution < -0.4 is 0 Å². The molecule has 2 fully saturated rings. The molecule has 2 aliphatic heterocycles. The molecule has 13 heavy (non-hydrogen) atoms. The van der Waals surface area contributed by atoms with Crippen LogP contribution in [0.25, 0.3) is 0 Å². The van der Waals surface area contributed by atoms with Gasteiger partial charge in [-0.05, 0) is 25.7 Å². The maximum absolute atomic E-state index is 5.51. The molecule has 0 atom stereocenters. The number of hydrogen-bond donors (Lipinski definition) is 0. The molecule has 0 aromatic carbocycles. The molecule has 0 amide bonds. The lowest BCUT2D eigenvalue weighted by Gasteiger charge is -2.11. The zero-order chi connectivity index (χ0) is 9.10. The predicted molar refractivity (Wildman–Crippen MR) is 52.0 cm³/mol. The van der Waals surface area contributed by atoms with Crippen LogP contribution in [0.15, 0.2) is 0 Å². The fraction of sp³-hybridized carbons (Fsp3) is 0.889. The third kappa shape index (κ3) is 1.90. The summed E-state index contributed by atoms with van der Waals surface area (Å²) in [7, 11) is 0. The number of rotatable bonds is 0. The van der Waals surface area contributed by atoms with Crippen LogP contribution in [0.4, 0.5) is 0 Å². The van der Waals surface area contributed by atoms with Gasteiger partial charge in [0, 0.05) is 0 Å². The molecule has 3 nitrogen and oxygen atoms in total. The summed E-state index contributed by atoms with van der Waals surface area (Å²) in [6.45, 7) is 4.38. The molecule has 2 aliphatic rings. The van der Waals surface area contributed by atoms with E-state index in [9.17, 15) is 0 Å². The second-order valence-corrected chi connectivity index (χ2v) is 3.90. The van der Waals surface area contributed by atoms with Crippen LogP contribution in [0.3, 0.4) is 0 Å². The second-order valence-electron chi connectivity index (χ2n) is 3.75. The topological polar surface area (TPSA) is 15.5 Å². The fourth-order valence-electron chi connectivity index (χ4n) is 2.11. The van der Waals surface area contributed by atoms with Gasteiger partial charge in [0.1, 0.15) is 11.9 Å². The Hall–Kier alpha value is -0.440. The van der Waals surface area contributed by atoms with Crippen molar-refractivity contribution in [3.8, 4) is 0 Å². The third-order valence-corrected chi connectivity index (χ3v) is 2.96. The van der Waals surface area contributed by atoms with Gasteiger partial charge in [-0.15, -0.1) is 0 Å². The number of halogens is 1. The van der Waals surface area contributed by atoms with Crippen molar-refractivity contribution in [1.82, 2.24) is 4.90 Å². The first kappa shape index (κ1) is 9.13. The van der Waals surface area contributed by atoms with Gasteiger partial charge in [0.2, 0.25) is 0 Å². The molecule has 4 heteroatoms. The third-order valence-electron chi connectivity index (χ3n) is 2.82. The van der Waals surface area contributed by atoms with Crippen LogP contribution in [0.2, 0.25) is 0 Å². The van der Waals surface area contributed by atoms with E-state index >= 15 is 0 Å². The van der Waals surface area contributed by atoms with E-state index < -0.39 is 0 Å². The molecule has 0 radical (unpaired) electrons. The van der Waals surface area contributed by atoms with Crippen molar-refractivity contribution in [1.29, 1.82) is 0 Å². The number of likely N-dealkylation sites (tertiary alicyclic amines) is 1. The molecular formula is C9H16ClN2O+. The van der Waals surface area contributed by atoms with Gasteiger partial charge in [0.25, 0.3) is 0 Å². The van der Waals surface area contributed by atoms with Gasteiger partial charge in [-0.3, -0.25) is 0 Å². The highest BCUT2D eigenvalue weighted by Gasteiger charge is 2.29. The Morgan fingerprint density at radius 1 is 1.08 bits per heavy atom. The highest BCUT2D eigenvalue weighted by molar-refractivity contribution is 6.13. The maximum atomic E-state index is 5.51. The molecule has 0 aliphatic carbocycles. The van der Waals surface area contributed by atoms with Crippen LogP contribution in [0.1, 0.15) is 25.7 Å². The lowest BCUT2D eigenvalue weighted by atomic mass is 10.4. The predicted octanol–water partition coefficient (Wildman–Crippen LogP) is 1.41. The van der Waals surface area contributed by atoms with Crippen molar-refractivity contribution in [3.63, 3.8) is 0 Å². The summed E-state index contributed by atoms with van der Waals surface area (Å²) in [4.78, 5) is 2.25. The SMILES string of the molecule is ClOC(N1CCCC1)=[N+]1CCCC1. The van der Waals surface area contributed by atoms with Crippen LogP contribution >= 0.6 is 11.9 Å². The Kier molecular flexibility index (Phi) is 2.94. The second kappa shape index (κ2) is 4.18. The van der Waals surface area contributed by atoms with Crippen molar-refractivity contribution >= 4 is 17.9 Å². The monoisotopic (exact) mass is 203 g/mol. The minimum absolute atomic E-state index is 0.886. The van der Waals surface area contributed by atoms with Gasteiger partial charge in [-0.2, -0.15) is 0 Å². The average molecular weight is 204 g/mol. The molecule has 74 valence electrons. The molecule has 2 rings (SSSR count). The Bertz CT molecular complexity index is 204. The van der Waals surface area contributed by atoms with E-state index in [4.69, 9.17) is 16.2 Å². The van der Waals surface area contributed by atoms with Crippen molar-refractivity contribution in [3.05, 3.63) is 0 Å². The van der Waals surface area contributed by atoms with Crippen LogP contribution in [0.5, 0.6) is 0 Å². The van der Waals surface area contributed by atoms with Gasteiger partial charge in [-0.25, -0.2) is 9.48 Å². The summed E-state index contributed by atoms with van der Waals surface area (Å²) in [6, 6.07) is 0.886. The van der Waals surface area contributed by atoms with Crippen molar-refractivity contribution < 1.29 is 8.86 Å². The molecular weight excluding hydrogens is 188 g/mol. The molecule has 2 saturated heterocycles. The summed E-state index contributed by atoms with van der Waals surface area (Å²) in [5, 5.41) is 0. The molecule has 0 bridgehead atoms. The van der Waals surface area contributed by atoms with Crippen LogP contribution in [-0.2, 0) is 4.29 Å². The zero-order valence-electron chi connectivity index (χ0n) is 7.84. The molecule has 0 spiro atoms. The zero-order valence-corrected chi connectivity index (χ0v) is 8.59. The van der Waals surface area contributed by atoms with Gasteiger partial charge < -0.3 is 4.29 Å². The average Bonchev–Trinajstić information content (AvgIpc) is 2.76. The lowest BCUT2D eigenvalue weighted by molar-refractivity contribution is -0.518. The largest absolute Gasteiger partial charge is 0.464 e. The standard InChI is InChI=1S/C9H16ClN2O/c10-13-9(11-5-1-2-6-11)12-7-3-4-8-12/h1-8H2/q+1. The van der Waals surface area contributed by atoms with Gasteiger partial charge in [0.05, 0.1) is 26.2 Å². The molecule has 0 saturated carbocycles. The molecule has 0 unspecified atom stereocenters. The van der Waals surface area contributed by atoms with Crippen LogP contribution in [0, 0.1) is 0 Å². The lowest BCUT2D eigenvalue weighted by Crippen LogP contribution is -2.35. The van der Waals surface area contributed by atoms with Crippen molar-refractivity contribution in [2.45, 2.75) is 25.7 Å². The van der Waals surface area contributed by atoms with E-state index in [2.05, 4.69) is 9.48 Å². The molecule has 2 heterocycles.